The molecule has 0 aromatic heterocycles. The van der Waals surface area contributed by atoms with Gasteiger partial charge in [-0.25, -0.2) is 0 Å². The Morgan fingerprint density at radius 2 is 1.71 bits per heavy atom. The number of nitrogens with zero attached hydrogens (tertiary/aromatic N) is 1. The molecule has 2 nitrogen and oxygen atoms in total. The van der Waals surface area contributed by atoms with E-state index in [-0.39, 0.29) is 6.04 Å². The molecule has 3 rings (SSSR count). The average Bonchev–Trinajstić information content (AvgIpc) is 2.23. The van der Waals surface area contributed by atoms with Gasteiger partial charge in [0.1, 0.15) is 5.78 Å². The highest BCUT2D eigenvalue weighted by Gasteiger charge is 2.37. The van der Waals surface area contributed by atoms with E-state index in [4.69, 9.17) is 0 Å². The number of hydrogen-bond donors (Lipinski definition) is 0. The zero-order chi connectivity index (χ0) is 11.1. The highest BCUT2D eigenvalue weighted by atomic mass is 16.1. The first kappa shape index (κ1) is 13.6. The molecule has 0 aromatic rings. The molecule has 3 aliphatic rings. The zero-order valence-corrected chi connectivity index (χ0v) is 10.3. The molecule has 1 aliphatic carbocycles. The smallest absolute Gasteiger partial charge is 0.150 e. The molecule has 3 fully saturated rings. The maximum Gasteiger partial charge on any atom is 0.150 e. The summed E-state index contributed by atoms with van der Waals surface area (Å²) in [5.41, 5.74) is 0. The number of Topliss-reactive ketones (excluding diaryl/α,β-unsaturated/α-hetero) is 1. The molecule has 84 valence electrons. The molecule has 2 unspecified atom stereocenters. The molecule has 0 spiro atoms. The normalized spacial score (nSPS) is 29.9. The molecular formula is C12H25NO. The van der Waals surface area contributed by atoms with Crippen LogP contribution in [0, 0.1) is 5.92 Å². The molecule has 1 saturated carbocycles. The van der Waals surface area contributed by atoms with Crippen LogP contribution < -0.4 is 0 Å². The maximum absolute atomic E-state index is 11.2. The first-order chi connectivity index (χ1) is 6.77. The van der Waals surface area contributed by atoms with Crippen LogP contribution in [-0.4, -0.2) is 30.3 Å². The van der Waals surface area contributed by atoms with Gasteiger partial charge < -0.3 is 0 Å². The molecule has 0 amide bonds. The third kappa shape index (κ3) is 3.09. The van der Waals surface area contributed by atoms with Crippen molar-refractivity contribution in [1.29, 1.82) is 0 Å². The quantitative estimate of drug-likeness (QED) is 0.598. The Kier molecular flexibility index (Phi) is 6.81. The summed E-state index contributed by atoms with van der Waals surface area (Å²) in [5, 5.41) is 0. The van der Waals surface area contributed by atoms with Crippen LogP contribution in [-0.2, 0) is 4.79 Å². The Hall–Kier alpha value is -0.370. The van der Waals surface area contributed by atoms with Gasteiger partial charge in [-0.15, -0.1) is 0 Å². The SMILES string of the molecule is CC.CC.CN1CC2CCC1C(=O)C2. The lowest BCUT2D eigenvalue weighted by Gasteiger charge is -2.41. The van der Waals surface area contributed by atoms with Crippen molar-refractivity contribution in [2.75, 3.05) is 13.6 Å². The molecule has 0 radical (unpaired) electrons. The zero-order valence-electron chi connectivity index (χ0n) is 10.3. The van der Waals surface area contributed by atoms with Gasteiger partial charge in [0, 0.05) is 13.0 Å². The van der Waals surface area contributed by atoms with Crippen LogP contribution in [0.4, 0.5) is 0 Å². The Balaban J connectivity index is 0.000000379. The molecule has 2 saturated heterocycles. The number of hydrogen-bond acceptors (Lipinski definition) is 2. The standard InChI is InChI=1S/C8H13NO.2C2H6/c1-9-5-6-2-3-7(9)8(10)4-6;2*1-2/h6-7H,2-5H2,1H3;2*1-2H3. The monoisotopic (exact) mass is 199 g/mol. The van der Waals surface area contributed by atoms with Gasteiger partial charge in [-0.3, -0.25) is 9.69 Å². The van der Waals surface area contributed by atoms with Crippen molar-refractivity contribution in [3.8, 4) is 0 Å². The van der Waals surface area contributed by atoms with Crippen LogP contribution in [0.15, 0.2) is 0 Å². The number of ketones is 1. The summed E-state index contributed by atoms with van der Waals surface area (Å²) in [7, 11) is 2.06. The first-order valence-electron chi connectivity index (χ1n) is 6.00. The Morgan fingerprint density at radius 1 is 1.14 bits per heavy atom. The predicted molar refractivity (Wildman–Crippen MR) is 61.5 cm³/mol. The molecule has 2 heterocycles. The lowest BCUT2D eigenvalue weighted by Crippen LogP contribution is -2.51. The minimum Gasteiger partial charge on any atom is -0.298 e. The number of rotatable bonds is 0. The van der Waals surface area contributed by atoms with Gasteiger partial charge in [0.25, 0.3) is 0 Å². The Morgan fingerprint density at radius 3 is 2.00 bits per heavy atom. The van der Waals surface area contributed by atoms with Crippen molar-refractivity contribution < 1.29 is 4.79 Å². The summed E-state index contributed by atoms with van der Waals surface area (Å²) >= 11 is 0. The molecular weight excluding hydrogens is 174 g/mol. The van der Waals surface area contributed by atoms with Crippen molar-refractivity contribution in [3.63, 3.8) is 0 Å². The number of fused-ring (bicyclic) bond motifs is 3. The Labute approximate surface area is 88.7 Å². The van der Waals surface area contributed by atoms with Gasteiger partial charge in [-0.05, 0) is 25.8 Å². The second kappa shape index (κ2) is 6.99. The molecule has 0 N–H and O–H groups in total. The van der Waals surface area contributed by atoms with Gasteiger partial charge in [0.2, 0.25) is 0 Å². The predicted octanol–water partition coefficient (Wildman–Crippen LogP) is 2.72. The number of carbonyl (C=O) groups excluding carboxylic acids is 1. The van der Waals surface area contributed by atoms with Crippen molar-refractivity contribution >= 4 is 5.78 Å². The average molecular weight is 199 g/mol. The topological polar surface area (TPSA) is 20.3 Å². The van der Waals surface area contributed by atoms with E-state index in [2.05, 4.69) is 11.9 Å². The van der Waals surface area contributed by atoms with Crippen LogP contribution in [0.5, 0.6) is 0 Å². The third-order valence-corrected chi connectivity index (χ3v) is 2.79. The molecule has 2 bridgehead atoms. The second-order valence-corrected chi connectivity index (χ2v) is 3.57. The van der Waals surface area contributed by atoms with Gasteiger partial charge >= 0.3 is 0 Å². The van der Waals surface area contributed by atoms with Crippen LogP contribution in [0.1, 0.15) is 47.0 Å². The first-order valence-corrected chi connectivity index (χ1v) is 6.00. The fraction of sp³-hybridized carbons (Fsp3) is 0.917. The minimum atomic E-state index is 0.282. The van der Waals surface area contributed by atoms with E-state index in [1.807, 2.05) is 27.7 Å². The summed E-state index contributed by atoms with van der Waals surface area (Å²) in [6.07, 6.45) is 3.25. The molecule has 2 aliphatic heterocycles. The van der Waals surface area contributed by atoms with E-state index in [1.54, 1.807) is 0 Å². The van der Waals surface area contributed by atoms with E-state index in [0.29, 0.717) is 11.7 Å². The van der Waals surface area contributed by atoms with Crippen molar-refractivity contribution in [2.24, 2.45) is 5.92 Å². The van der Waals surface area contributed by atoms with Crippen LogP contribution in [0.2, 0.25) is 0 Å². The van der Waals surface area contributed by atoms with Gasteiger partial charge in [0.05, 0.1) is 6.04 Å². The fourth-order valence-electron chi connectivity index (χ4n) is 2.23. The van der Waals surface area contributed by atoms with E-state index >= 15 is 0 Å². The van der Waals surface area contributed by atoms with E-state index in [0.717, 1.165) is 19.4 Å². The number of carbonyl (C=O) groups is 1. The highest BCUT2D eigenvalue weighted by molar-refractivity contribution is 5.85. The van der Waals surface area contributed by atoms with E-state index < -0.39 is 0 Å². The summed E-state index contributed by atoms with van der Waals surface area (Å²) in [6, 6.07) is 0.282. The van der Waals surface area contributed by atoms with E-state index in [9.17, 15) is 4.79 Å². The van der Waals surface area contributed by atoms with Crippen molar-refractivity contribution in [2.45, 2.75) is 53.0 Å². The second-order valence-electron chi connectivity index (χ2n) is 3.57. The van der Waals surface area contributed by atoms with Crippen LogP contribution in [0.3, 0.4) is 0 Å². The van der Waals surface area contributed by atoms with Crippen molar-refractivity contribution in [3.05, 3.63) is 0 Å². The van der Waals surface area contributed by atoms with Gasteiger partial charge in [0.15, 0.2) is 0 Å². The maximum atomic E-state index is 11.2. The molecule has 2 atom stereocenters. The molecule has 14 heavy (non-hydrogen) atoms. The third-order valence-electron chi connectivity index (χ3n) is 2.79. The largest absolute Gasteiger partial charge is 0.298 e. The van der Waals surface area contributed by atoms with E-state index in [1.165, 1.54) is 6.42 Å². The number of piperidine rings is 2. The molecule has 2 heteroatoms. The Bertz CT molecular complexity index is 168. The fourth-order valence-corrected chi connectivity index (χ4v) is 2.23. The summed E-state index contributed by atoms with van der Waals surface area (Å²) in [6.45, 7) is 9.15. The van der Waals surface area contributed by atoms with Gasteiger partial charge in [-0.2, -0.15) is 0 Å². The van der Waals surface area contributed by atoms with Crippen LogP contribution >= 0.6 is 0 Å². The molecule has 0 aromatic carbocycles. The van der Waals surface area contributed by atoms with Crippen molar-refractivity contribution in [1.82, 2.24) is 4.90 Å². The lowest BCUT2D eigenvalue weighted by atomic mass is 9.79. The summed E-state index contributed by atoms with van der Waals surface area (Å²) in [5.74, 6) is 1.16. The van der Waals surface area contributed by atoms with Crippen LogP contribution in [0.25, 0.3) is 0 Å². The lowest BCUT2D eigenvalue weighted by molar-refractivity contribution is -0.131. The summed E-state index contributed by atoms with van der Waals surface area (Å²) < 4.78 is 0. The number of likely N-dealkylation sites (N-methyl/N-ethyl adjacent to an activating group) is 1. The highest BCUT2D eigenvalue weighted by Crippen LogP contribution is 2.31. The summed E-state index contributed by atoms with van der Waals surface area (Å²) in [4.78, 5) is 13.4. The minimum absolute atomic E-state index is 0.282. The van der Waals surface area contributed by atoms with Gasteiger partial charge in [-0.1, -0.05) is 27.7 Å².